The molecule has 1 aliphatic heterocycles. The second-order valence-electron chi connectivity index (χ2n) is 6.76. The Balaban J connectivity index is 1.52. The Morgan fingerprint density at radius 2 is 2.12 bits per heavy atom. The Labute approximate surface area is 151 Å². The molecule has 26 heavy (non-hydrogen) atoms. The third kappa shape index (κ3) is 3.06. The van der Waals surface area contributed by atoms with Gasteiger partial charge >= 0.3 is 0 Å². The quantitative estimate of drug-likeness (QED) is 0.764. The Morgan fingerprint density at radius 1 is 1.27 bits per heavy atom. The number of nitrogens with one attached hydrogen (secondary N) is 2. The zero-order valence-corrected chi connectivity index (χ0v) is 14.7. The average Bonchev–Trinajstić information content (AvgIpc) is 3.04. The molecule has 0 fully saturated rings. The van der Waals surface area contributed by atoms with Crippen molar-refractivity contribution in [2.45, 2.75) is 32.7 Å². The Kier molecular flexibility index (Phi) is 3.95. The zero-order valence-electron chi connectivity index (χ0n) is 14.7. The minimum absolute atomic E-state index is 0.0497. The van der Waals surface area contributed by atoms with Crippen LogP contribution in [0.2, 0.25) is 0 Å². The molecule has 132 valence electrons. The van der Waals surface area contributed by atoms with Crippen molar-refractivity contribution in [3.8, 4) is 0 Å². The summed E-state index contributed by atoms with van der Waals surface area (Å²) in [6.45, 7) is 3.94. The average molecular weight is 348 g/mol. The molecule has 1 aliphatic rings. The molecule has 0 bridgehead atoms. The lowest BCUT2D eigenvalue weighted by molar-refractivity contribution is -0.116. The van der Waals surface area contributed by atoms with Crippen molar-refractivity contribution in [2.75, 3.05) is 5.32 Å². The molecule has 2 aromatic heterocycles. The van der Waals surface area contributed by atoms with Crippen molar-refractivity contribution in [3.63, 3.8) is 0 Å². The van der Waals surface area contributed by atoms with E-state index in [9.17, 15) is 9.59 Å². The van der Waals surface area contributed by atoms with Crippen LogP contribution in [0.1, 0.15) is 46.6 Å². The summed E-state index contributed by atoms with van der Waals surface area (Å²) in [7, 11) is 0. The highest BCUT2D eigenvalue weighted by Gasteiger charge is 2.18. The summed E-state index contributed by atoms with van der Waals surface area (Å²) in [4.78, 5) is 28.4. The van der Waals surface area contributed by atoms with Gasteiger partial charge in [0.2, 0.25) is 5.91 Å². The number of benzene rings is 1. The summed E-state index contributed by atoms with van der Waals surface area (Å²) < 4.78 is 1.84. The highest BCUT2D eigenvalue weighted by atomic mass is 16.2. The normalized spacial score (nSPS) is 14.6. The second kappa shape index (κ2) is 6.29. The van der Waals surface area contributed by atoms with Crippen LogP contribution in [0, 0.1) is 6.92 Å². The molecule has 1 atom stereocenters. The van der Waals surface area contributed by atoms with Gasteiger partial charge in [0.1, 0.15) is 11.3 Å². The molecule has 4 rings (SSSR count). The summed E-state index contributed by atoms with van der Waals surface area (Å²) in [5, 5.41) is 5.87. The highest BCUT2D eigenvalue weighted by Crippen LogP contribution is 2.26. The van der Waals surface area contributed by atoms with Crippen molar-refractivity contribution in [3.05, 3.63) is 65.1 Å². The second-order valence-corrected chi connectivity index (χ2v) is 6.76. The number of nitrogens with zero attached hydrogens (tertiary/aromatic N) is 2. The van der Waals surface area contributed by atoms with Gasteiger partial charge in [-0.05, 0) is 55.2 Å². The minimum atomic E-state index is -0.204. The fraction of sp³-hybridized carbons (Fsp3) is 0.250. The highest BCUT2D eigenvalue weighted by molar-refractivity contribution is 5.94. The van der Waals surface area contributed by atoms with E-state index in [0.717, 1.165) is 34.4 Å². The molecule has 6 heteroatoms. The van der Waals surface area contributed by atoms with E-state index < -0.39 is 0 Å². The van der Waals surface area contributed by atoms with Gasteiger partial charge in [-0.25, -0.2) is 4.98 Å². The molecule has 2 amide bonds. The summed E-state index contributed by atoms with van der Waals surface area (Å²) in [6.07, 6.45) is 4.86. The predicted octanol–water partition coefficient (Wildman–Crippen LogP) is 3.02. The van der Waals surface area contributed by atoms with Crippen LogP contribution in [0.4, 0.5) is 5.69 Å². The summed E-state index contributed by atoms with van der Waals surface area (Å²) in [5.41, 5.74) is 5.23. The number of aromatic nitrogens is 2. The lowest BCUT2D eigenvalue weighted by Gasteiger charge is -2.20. The van der Waals surface area contributed by atoms with Crippen LogP contribution in [0.5, 0.6) is 0 Å². The third-order valence-electron chi connectivity index (χ3n) is 4.72. The van der Waals surface area contributed by atoms with Gasteiger partial charge in [0.25, 0.3) is 5.91 Å². The number of imidazole rings is 1. The van der Waals surface area contributed by atoms with E-state index in [1.165, 1.54) is 0 Å². The van der Waals surface area contributed by atoms with E-state index in [0.29, 0.717) is 12.1 Å². The first-order valence-electron chi connectivity index (χ1n) is 8.68. The fourth-order valence-corrected chi connectivity index (χ4v) is 3.22. The zero-order chi connectivity index (χ0) is 18.3. The number of hydrogen-bond acceptors (Lipinski definition) is 3. The topological polar surface area (TPSA) is 75.5 Å². The number of carbonyl (C=O) groups excluding carboxylic acids is 2. The summed E-state index contributed by atoms with van der Waals surface area (Å²) >= 11 is 0. The standard InChI is InChI=1S/C20H20N4O2/c1-12-7-8-24-11-17(22-18(24)9-12)20(26)21-13(2)14-3-5-16-15(10-14)4-6-19(25)23-16/h3,5,7-11,13H,4,6H2,1-2H3,(H,21,26)(H,23,25). The monoisotopic (exact) mass is 348 g/mol. The summed E-state index contributed by atoms with van der Waals surface area (Å²) in [6, 6.07) is 9.65. The maximum Gasteiger partial charge on any atom is 0.271 e. The molecule has 3 heterocycles. The van der Waals surface area contributed by atoms with Gasteiger partial charge in [0.15, 0.2) is 0 Å². The number of rotatable bonds is 3. The van der Waals surface area contributed by atoms with Gasteiger partial charge in [-0.3, -0.25) is 9.59 Å². The number of aryl methyl sites for hydroxylation is 2. The first-order valence-corrected chi connectivity index (χ1v) is 8.68. The summed E-state index contributed by atoms with van der Waals surface area (Å²) in [5.74, 6) is -0.154. The first kappa shape index (κ1) is 16.3. The number of hydrogen-bond donors (Lipinski definition) is 2. The number of anilines is 1. The molecule has 1 aromatic carbocycles. The molecule has 1 unspecified atom stereocenters. The number of amides is 2. The lowest BCUT2D eigenvalue weighted by Crippen LogP contribution is -2.27. The number of carbonyl (C=O) groups is 2. The number of fused-ring (bicyclic) bond motifs is 2. The fourth-order valence-electron chi connectivity index (χ4n) is 3.22. The molecular weight excluding hydrogens is 328 g/mol. The van der Waals surface area contributed by atoms with Crippen LogP contribution in [0.3, 0.4) is 0 Å². The Morgan fingerprint density at radius 3 is 2.96 bits per heavy atom. The first-order chi connectivity index (χ1) is 12.5. The van der Waals surface area contributed by atoms with Gasteiger partial charge in [0, 0.05) is 24.5 Å². The minimum Gasteiger partial charge on any atom is -0.344 e. The van der Waals surface area contributed by atoms with E-state index in [2.05, 4.69) is 15.6 Å². The van der Waals surface area contributed by atoms with Crippen LogP contribution < -0.4 is 10.6 Å². The molecule has 3 aromatic rings. The molecule has 0 saturated heterocycles. The van der Waals surface area contributed by atoms with Crippen molar-refractivity contribution in [1.82, 2.24) is 14.7 Å². The predicted molar refractivity (Wildman–Crippen MR) is 99.2 cm³/mol. The molecule has 0 radical (unpaired) electrons. The van der Waals surface area contributed by atoms with Gasteiger partial charge in [-0.2, -0.15) is 0 Å². The third-order valence-corrected chi connectivity index (χ3v) is 4.72. The van der Waals surface area contributed by atoms with E-state index in [1.54, 1.807) is 6.20 Å². The largest absolute Gasteiger partial charge is 0.344 e. The maximum absolute atomic E-state index is 12.6. The SMILES string of the molecule is Cc1ccn2cc(C(=O)NC(C)c3ccc4c(c3)CCC(=O)N4)nc2c1. The van der Waals surface area contributed by atoms with Gasteiger partial charge in [-0.15, -0.1) is 0 Å². The van der Waals surface area contributed by atoms with Crippen LogP contribution in [-0.2, 0) is 11.2 Å². The molecule has 2 N–H and O–H groups in total. The van der Waals surface area contributed by atoms with Crippen LogP contribution in [-0.4, -0.2) is 21.2 Å². The Bertz CT molecular complexity index is 1020. The van der Waals surface area contributed by atoms with Gasteiger partial charge in [-0.1, -0.05) is 12.1 Å². The van der Waals surface area contributed by atoms with E-state index >= 15 is 0 Å². The van der Waals surface area contributed by atoms with Gasteiger partial charge < -0.3 is 15.0 Å². The van der Waals surface area contributed by atoms with E-state index in [1.807, 2.05) is 54.8 Å². The van der Waals surface area contributed by atoms with E-state index in [-0.39, 0.29) is 17.9 Å². The van der Waals surface area contributed by atoms with Crippen molar-refractivity contribution >= 4 is 23.1 Å². The smallest absolute Gasteiger partial charge is 0.271 e. The molecule has 0 aliphatic carbocycles. The maximum atomic E-state index is 12.6. The van der Waals surface area contributed by atoms with Gasteiger partial charge in [0.05, 0.1) is 6.04 Å². The molecule has 0 saturated carbocycles. The molecule has 6 nitrogen and oxygen atoms in total. The van der Waals surface area contributed by atoms with Crippen LogP contribution in [0.25, 0.3) is 5.65 Å². The van der Waals surface area contributed by atoms with Crippen molar-refractivity contribution in [1.29, 1.82) is 0 Å². The molecular formula is C20H20N4O2. The lowest BCUT2D eigenvalue weighted by atomic mass is 9.98. The van der Waals surface area contributed by atoms with Crippen molar-refractivity contribution in [2.24, 2.45) is 0 Å². The van der Waals surface area contributed by atoms with E-state index in [4.69, 9.17) is 0 Å². The van der Waals surface area contributed by atoms with Crippen LogP contribution in [0.15, 0.2) is 42.7 Å². The Hall–Kier alpha value is -3.15. The number of pyridine rings is 1. The van der Waals surface area contributed by atoms with Crippen LogP contribution >= 0.6 is 0 Å². The van der Waals surface area contributed by atoms with Crippen molar-refractivity contribution < 1.29 is 9.59 Å². The molecule has 0 spiro atoms.